The fraction of sp³-hybridized carbons (Fsp3) is 0.250. The minimum atomic E-state index is -0.962. The number of benzene rings is 2. The van der Waals surface area contributed by atoms with Crippen LogP contribution in [0.1, 0.15) is 11.1 Å². The average molecular weight is 412 g/mol. The summed E-state index contributed by atoms with van der Waals surface area (Å²) >= 11 is 5.98. The Morgan fingerprint density at radius 2 is 1.90 bits per heavy atom. The number of carbonyl (C=O) groups excluding carboxylic acids is 3. The summed E-state index contributed by atoms with van der Waals surface area (Å²) in [5.74, 6) is -1.32. The number of anilines is 2. The van der Waals surface area contributed by atoms with E-state index in [0.717, 1.165) is 16.0 Å². The molecule has 0 aliphatic carbocycles. The van der Waals surface area contributed by atoms with Crippen molar-refractivity contribution in [2.24, 2.45) is 10.3 Å². The van der Waals surface area contributed by atoms with Gasteiger partial charge in [-0.15, -0.1) is 0 Å². The Balaban J connectivity index is 1.49. The molecule has 4 rings (SSSR count). The van der Waals surface area contributed by atoms with Gasteiger partial charge >= 0.3 is 0 Å². The number of hydrogen-bond donors (Lipinski definition) is 1. The first-order chi connectivity index (χ1) is 13.8. The van der Waals surface area contributed by atoms with E-state index in [1.54, 1.807) is 24.3 Å². The van der Waals surface area contributed by atoms with Crippen LogP contribution in [0.25, 0.3) is 0 Å². The topological polar surface area (TPSA) is 94.4 Å². The summed E-state index contributed by atoms with van der Waals surface area (Å²) in [6, 6.07) is 10.2. The van der Waals surface area contributed by atoms with Gasteiger partial charge in [-0.2, -0.15) is 5.11 Å². The van der Waals surface area contributed by atoms with E-state index in [9.17, 15) is 14.4 Å². The first-order valence-electron chi connectivity index (χ1n) is 9.03. The molecule has 0 unspecified atom stereocenters. The summed E-state index contributed by atoms with van der Waals surface area (Å²) in [7, 11) is 0. The van der Waals surface area contributed by atoms with Crippen LogP contribution in [-0.4, -0.2) is 41.4 Å². The lowest BCUT2D eigenvalue weighted by Crippen LogP contribution is -2.43. The number of hydrogen-bond acceptors (Lipinski definition) is 6. The predicted octanol–water partition coefficient (Wildman–Crippen LogP) is 2.89. The number of fused-ring (bicyclic) bond motifs is 1. The molecule has 2 aromatic rings. The zero-order chi connectivity index (χ0) is 20.7. The molecule has 8 nitrogen and oxygen atoms in total. The van der Waals surface area contributed by atoms with Crippen LogP contribution in [0.4, 0.5) is 11.4 Å². The minimum Gasteiger partial charge on any atom is -0.324 e. The van der Waals surface area contributed by atoms with Crippen molar-refractivity contribution in [1.82, 2.24) is 5.01 Å². The highest BCUT2D eigenvalue weighted by Crippen LogP contribution is 2.32. The standard InChI is InChI=1S/C20H18ClN5O3/c1-11-6-7-14(8-12(11)2)22-16(27)10-25-18-17(23-24-25)19(28)26(20(18)29)15-5-3-4-13(21)9-15/h3-9,17-18H,10H2,1-2H3,(H,22,27)/t17-,18-/m1/s1. The van der Waals surface area contributed by atoms with Crippen molar-refractivity contribution in [3.05, 3.63) is 58.6 Å². The van der Waals surface area contributed by atoms with Gasteiger partial charge in [-0.3, -0.25) is 19.4 Å². The van der Waals surface area contributed by atoms with Gasteiger partial charge in [-0.1, -0.05) is 29.0 Å². The molecule has 1 fully saturated rings. The average Bonchev–Trinajstić information content (AvgIpc) is 3.18. The van der Waals surface area contributed by atoms with Crippen molar-refractivity contribution in [2.75, 3.05) is 16.8 Å². The number of halogens is 1. The number of nitrogens with zero attached hydrogens (tertiary/aromatic N) is 4. The number of rotatable bonds is 4. The zero-order valence-electron chi connectivity index (χ0n) is 15.8. The van der Waals surface area contributed by atoms with E-state index in [1.165, 1.54) is 11.1 Å². The van der Waals surface area contributed by atoms with E-state index in [-0.39, 0.29) is 12.5 Å². The maximum absolute atomic E-state index is 12.9. The zero-order valence-corrected chi connectivity index (χ0v) is 16.6. The molecule has 2 atom stereocenters. The predicted molar refractivity (Wildman–Crippen MR) is 108 cm³/mol. The van der Waals surface area contributed by atoms with E-state index < -0.39 is 23.9 Å². The Hall–Kier alpha value is -3.26. The molecule has 29 heavy (non-hydrogen) atoms. The molecule has 2 aliphatic heterocycles. The van der Waals surface area contributed by atoms with E-state index in [4.69, 9.17) is 11.6 Å². The van der Waals surface area contributed by atoms with Crippen LogP contribution in [0, 0.1) is 13.8 Å². The van der Waals surface area contributed by atoms with Gasteiger partial charge in [0.25, 0.3) is 11.8 Å². The van der Waals surface area contributed by atoms with Crippen molar-refractivity contribution < 1.29 is 14.4 Å². The van der Waals surface area contributed by atoms with E-state index in [0.29, 0.717) is 16.4 Å². The molecule has 0 bridgehead atoms. The molecule has 0 spiro atoms. The third-order valence-corrected chi connectivity index (χ3v) is 5.26. The Bertz CT molecular complexity index is 1050. The van der Waals surface area contributed by atoms with Crippen LogP contribution in [0.3, 0.4) is 0 Å². The van der Waals surface area contributed by atoms with E-state index >= 15 is 0 Å². The Labute approximate surface area is 172 Å². The maximum Gasteiger partial charge on any atom is 0.263 e. The van der Waals surface area contributed by atoms with Crippen molar-refractivity contribution in [3.8, 4) is 0 Å². The van der Waals surface area contributed by atoms with Crippen molar-refractivity contribution in [3.63, 3.8) is 0 Å². The maximum atomic E-state index is 12.9. The van der Waals surface area contributed by atoms with Crippen LogP contribution >= 0.6 is 11.6 Å². The second-order valence-electron chi connectivity index (χ2n) is 7.03. The van der Waals surface area contributed by atoms with Gasteiger partial charge in [0.2, 0.25) is 5.91 Å². The summed E-state index contributed by atoms with van der Waals surface area (Å²) < 4.78 is 0. The number of carbonyl (C=O) groups is 3. The lowest BCUT2D eigenvalue weighted by molar-refractivity contribution is -0.123. The molecule has 9 heteroatoms. The highest BCUT2D eigenvalue weighted by atomic mass is 35.5. The van der Waals surface area contributed by atoms with Gasteiger partial charge in [0, 0.05) is 10.7 Å². The monoisotopic (exact) mass is 411 g/mol. The van der Waals surface area contributed by atoms with E-state index in [2.05, 4.69) is 15.7 Å². The molecular formula is C20H18ClN5O3. The molecule has 1 saturated heterocycles. The van der Waals surface area contributed by atoms with Crippen LogP contribution < -0.4 is 10.2 Å². The Morgan fingerprint density at radius 1 is 1.10 bits per heavy atom. The molecule has 0 radical (unpaired) electrons. The molecule has 2 aromatic carbocycles. The molecule has 2 aliphatic rings. The van der Waals surface area contributed by atoms with E-state index in [1.807, 2.05) is 26.0 Å². The molecule has 0 saturated carbocycles. The molecule has 148 valence electrons. The third kappa shape index (κ3) is 3.47. The summed E-state index contributed by atoms with van der Waals surface area (Å²) in [5.41, 5.74) is 3.20. The Kier molecular flexibility index (Phi) is 4.79. The normalized spacial score (nSPS) is 20.4. The Morgan fingerprint density at radius 3 is 2.62 bits per heavy atom. The number of imide groups is 1. The minimum absolute atomic E-state index is 0.194. The molecule has 2 heterocycles. The lowest BCUT2D eigenvalue weighted by atomic mass is 10.1. The number of amides is 3. The van der Waals surface area contributed by atoms with Crippen LogP contribution in [-0.2, 0) is 14.4 Å². The second kappa shape index (κ2) is 7.29. The van der Waals surface area contributed by atoms with Crippen LogP contribution in [0.2, 0.25) is 5.02 Å². The highest BCUT2D eigenvalue weighted by molar-refractivity contribution is 6.31. The third-order valence-electron chi connectivity index (χ3n) is 5.02. The van der Waals surface area contributed by atoms with Gasteiger partial charge in [0.05, 0.1) is 5.69 Å². The van der Waals surface area contributed by atoms with Crippen LogP contribution in [0.5, 0.6) is 0 Å². The molecular weight excluding hydrogens is 394 g/mol. The molecule has 1 N–H and O–H groups in total. The summed E-state index contributed by atoms with van der Waals surface area (Å²) in [6.07, 6.45) is 0. The summed E-state index contributed by atoms with van der Waals surface area (Å²) in [5, 5.41) is 12.3. The van der Waals surface area contributed by atoms with Gasteiger partial charge in [0.1, 0.15) is 6.54 Å². The SMILES string of the molecule is Cc1ccc(NC(=O)CN2N=N[C@H]3C(=O)N(c4cccc(Cl)c4)C(=O)[C@@H]32)cc1C. The highest BCUT2D eigenvalue weighted by Gasteiger charge is 2.55. The number of aryl methyl sites for hydroxylation is 2. The summed E-state index contributed by atoms with van der Waals surface area (Å²) in [6.45, 7) is 3.75. The lowest BCUT2D eigenvalue weighted by Gasteiger charge is -2.20. The second-order valence-corrected chi connectivity index (χ2v) is 7.47. The van der Waals surface area contributed by atoms with Crippen molar-refractivity contribution in [2.45, 2.75) is 25.9 Å². The fourth-order valence-electron chi connectivity index (χ4n) is 3.39. The largest absolute Gasteiger partial charge is 0.324 e. The molecule has 3 amide bonds. The van der Waals surface area contributed by atoms with Crippen LogP contribution in [0.15, 0.2) is 52.8 Å². The molecule has 0 aromatic heterocycles. The van der Waals surface area contributed by atoms with Gasteiger partial charge in [-0.25, -0.2) is 4.90 Å². The number of nitrogens with one attached hydrogen (secondary N) is 1. The smallest absolute Gasteiger partial charge is 0.263 e. The fourth-order valence-corrected chi connectivity index (χ4v) is 3.57. The first-order valence-corrected chi connectivity index (χ1v) is 9.41. The van der Waals surface area contributed by atoms with Gasteiger partial charge < -0.3 is 5.32 Å². The summed E-state index contributed by atoms with van der Waals surface area (Å²) in [4.78, 5) is 39.1. The quantitative estimate of drug-likeness (QED) is 0.782. The first kappa shape index (κ1) is 19.1. The van der Waals surface area contributed by atoms with Gasteiger partial charge in [-0.05, 0) is 55.3 Å². The van der Waals surface area contributed by atoms with Crippen molar-refractivity contribution in [1.29, 1.82) is 0 Å². The van der Waals surface area contributed by atoms with Crippen molar-refractivity contribution >= 4 is 40.7 Å². The van der Waals surface area contributed by atoms with Gasteiger partial charge in [0.15, 0.2) is 12.1 Å².